The van der Waals surface area contributed by atoms with Gasteiger partial charge in [0, 0.05) is 28.0 Å². The fourth-order valence-corrected chi connectivity index (χ4v) is 6.10. The Morgan fingerprint density at radius 1 is 0.850 bits per heavy atom. The van der Waals surface area contributed by atoms with E-state index >= 15 is 0 Å². The Kier molecular flexibility index (Phi) is 6.51. The molecule has 1 unspecified atom stereocenters. The van der Waals surface area contributed by atoms with Crippen molar-refractivity contribution < 1.29 is 4.74 Å². The molecule has 4 aromatic carbocycles. The number of nitrogens with zero attached hydrogens (tertiary/aromatic N) is 4. The number of H-pyrrole nitrogens is 1. The number of aromatic amines is 1. The van der Waals surface area contributed by atoms with E-state index in [1.54, 1.807) is 11.3 Å². The monoisotopic (exact) mass is 542 g/mol. The molecule has 8 heteroatoms. The summed E-state index contributed by atoms with van der Waals surface area (Å²) in [7, 11) is 0. The highest BCUT2D eigenvalue weighted by atomic mass is 32.1. The highest BCUT2D eigenvalue weighted by molar-refractivity contribution is 7.14. The molecule has 7 rings (SSSR count). The first-order valence-electron chi connectivity index (χ1n) is 13.3. The average Bonchev–Trinajstić information content (AvgIpc) is 3.67. The van der Waals surface area contributed by atoms with E-state index < -0.39 is 0 Å². The molecule has 0 spiro atoms. The molecular formula is C32H26N6OS. The summed E-state index contributed by atoms with van der Waals surface area (Å²) in [6.07, 6.45) is 1.97. The van der Waals surface area contributed by atoms with E-state index in [0.717, 1.165) is 62.9 Å². The van der Waals surface area contributed by atoms with Crippen molar-refractivity contribution in [2.24, 2.45) is 0 Å². The van der Waals surface area contributed by atoms with Gasteiger partial charge in [0.25, 0.3) is 0 Å². The Morgan fingerprint density at radius 3 is 2.42 bits per heavy atom. The van der Waals surface area contributed by atoms with E-state index in [9.17, 15) is 0 Å². The second kappa shape index (κ2) is 10.7. The number of rotatable bonds is 6. The van der Waals surface area contributed by atoms with Crippen LogP contribution in [-0.4, -0.2) is 32.2 Å². The van der Waals surface area contributed by atoms with Crippen LogP contribution in [0.1, 0.15) is 29.9 Å². The lowest BCUT2D eigenvalue weighted by Gasteiger charge is -2.22. The Labute approximate surface area is 235 Å². The zero-order valence-corrected chi connectivity index (χ0v) is 22.4. The molecular weight excluding hydrogens is 516 g/mol. The van der Waals surface area contributed by atoms with Crippen molar-refractivity contribution in [3.05, 3.63) is 114 Å². The topological polar surface area (TPSA) is 88.6 Å². The summed E-state index contributed by atoms with van der Waals surface area (Å²) in [4.78, 5) is 4.91. The number of ether oxygens (including phenoxy) is 1. The van der Waals surface area contributed by atoms with Crippen molar-refractivity contribution in [3.63, 3.8) is 0 Å². The number of hydrogen-bond donors (Lipinski definition) is 2. The molecule has 7 nitrogen and oxygen atoms in total. The number of aromatic nitrogens is 5. The van der Waals surface area contributed by atoms with Crippen LogP contribution in [0.4, 0.5) is 10.8 Å². The third-order valence-electron chi connectivity index (χ3n) is 7.23. The first kappa shape index (κ1) is 24.2. The number of anilines is 2. The molecule has 0 saturated heterocycles. The molecule has 2 N–H and O–H groups in total. The molecule has 0 amide bonds. The molecule has 1 atom stereocenters. The lowest BCUT2D eigenvalue weighted by molar-refractivity contribution is 0.318. The van der Waals surface area contributed by atoms with Crippen LogP contribution in [0.25, 0.3) is 33.8 Å². The van der Waals surface area contributed by atoms with Crippen LogP contribution in [0.3, 0.4) is 0 Å². The highest BCUT2D eigenvalue weighted by Gasteiger charge is 2.26. The molecule has 3 heterocycles. The Hall–Kier alpha value is -4.82. The molecule has 40 heavy (non-hydrogen) atoms. The van der Waals surface area contributed by atoms with Gasteiger partial charge in [0.15, 0.2) is 11.0 Å². The van der Waals surface area contributed by atoms with Crippen LogP contribution in [0.15, 0.2) is 102 Å². The van der Waals surface area contributed by atoms with Gasteiger partial charge in [-0.05, 0) is 52.1 Å². The van der Waals surface area contributed by atoms with Crippen molar-refractivity contribution in [1.82, 2.24) is 25.6 Å². The smallest absolute Gasteiger partial charge is 0.187 e. The fraction of sp³-hybridized carbons (Fsp3) is 0.125. The summed E-state index contributed by atoms with van der Waals surface area (Å²) in [6, 6.07) is 33.5. The van der Waals surface area contributed by atoms with E-state index in [2.05, 4.69) is 92.0 Å². The van der Waals surface area contributed by atoms with Crippen LogP contribution < -0.4 is 10.1 Å². The largest absolute Gasteiger partial charge is 0.491 e. The molecule has 196 valence electrons. The molecule has 1 aliphatic rings. The van der Waals surface area contributed by atoms with Gasteiger partial charge in [-0.2, -0.15) is 0 Å². The molecule has 0 fully saturated rings. The first-order valence-corrected chi connectivity index (χ1v) is 14.2. The minimum Gasteiger partial charge on any atom is -0.491 e. The average molecular weight is 543 g/mol. The Balaban J connectivity index is 1.38. The quantitative estimate of drug-likeness (QED) is 0.224. The van der Waals surface area contributed by atoms with Crippen LogP contribution in [0.2, 0.25) is 0 Å². The van der Waals surface area contributed by atoms with Crippen molar-refractivity contribution in [2.75, 3.05) is 11.9 Å². The van der Waals surface area contributed by atoms with E-state index in [0.29, 0.717) is 12.4 Å². The molecule has 0 bridgehead atoms. The van der Waals surface area contributed by atoms with Gasteiger partial charge in [0.1, 0.15) is 5.75 Å². The molecule has 2 aromatic heterocycles. The molecule has 0 aliphatic carbocycles. The van der Waals surface area contributed by atoms with Crippen LogP contribution in [0.5, 0.6) is 5.75 Å². The first-order chi connectivity index (χ1) is 19.8. The third-order valence-corrected chi connectivity index (χ3v) is 7.99. The van der Waals surface area contributed by atoms with E-state index in [-0.39, 0.29) is 5.92 Å². The minimum absolute atomic E-state index is 0.203. The number of fused-ring (bicyclic) bond motifs is 1. The lowest BCUT2D eigenvalue weighted by atomic mass is 9.85. The maximum Gasteiger partial charge on any atom is 0.187 e. The van der Waals surface area contributed by atoms with E-state index in [4.69, 9.17) is 9.72 Å². The van der Waals surface area contributed by atoms with Gasteiger partial charge < -0.3 is 10.1 Å². The summed E-state index contributed by atoms with van der Waals surface area (Å²) in [5.41, 5.74) is 8.40. The maximum absolute atomic E-state index is 6.46. The maximum atomic E-state index is 6.46. The number of benzene rings is 4. The summed E-state index contributed by atoms with van der Waals surface area (Å²) in [5, 5.41) is 21.3. The van der Waals surface area contributed by atoms with Gasteiger partial charge in [-0.3, -0.25) is 0 Å². The number of hydrogen-bond acceptors (Lipinski definition) is 7. The normalized spacial score (nSPS) is 14.7. The predicted molar refractivity (Wildman–Crippen MR) is 159 cm³/mol. The van der Waals surface area contributed by atoms with Crippen LogP contribution in [-0.2, 0) is 0 Å². The Bertz CT molecular complexity index is 1730. The van der Waals surface area contributed by atoms with Gasteiger partial charge >= 0.3 is 0 Å². The summed E-state index contributed by atoms with van der Waals surface area (Å²) < 4.78 is 6.46. The lowest BCUT2D eigenvalue weighted by Crippen LogP contribution is -2.04. The second-order valence-electron chi connectivity index (χ2n) is 9.72. The zero-order chi connectivity index (χ0) is 26.7. The summed E-state index contributed by atoms with van der Waals surface area (Å²) in [6.45, 7) is 0.664. The number of thiazole rings is 1. The molecule has 6 aromatic rings. The second-order valence-corrected chi connectivity index (χ2v) is 10.6. The van der Waals surface area contributed by atoms with Gasteiger partial charge in [0.2, 0.25) is 0 Å². The van der Waals surface area contributed by atoms with Gasteiger partial charge in [-0.1, -0.05) is 84.9 Å². The minimum atomic E-state index is 0.203. The van der Waals surface area contributed by atoms with Gasteiger partial charge in [-0.25, -0.2) is 10.1 Å². The van der Waals surface area contributed by atoms with Gasteiger partial charge in [-0.15, -0.1) is 16.4 Å². The van der Waals surface area contributed by atoms with Crippen LogP contribution in [0, 0.1) is 0 Å². The number of nitrogens with one attached hydrogen (secondary N) is 2. The highest BCUT2D eigenvalue weighted by Crippen LogP contribution is 2.46. The van der Waals surface area contributed by atoms with E-state index in [1.165, 1.54) is 5.56 Å². The van der Waals surface area contributed by atoms with Crippen LogP contribution >= 0.6 is 11.3 Å². The standard InChI is InChI=1S/C32H26N6OS/c1-3-10-21(11-4-1)24-16-9-17-39-30-27(24)18-23(25-14-7-8-15-26(25)31-35-37-38-36-31)19-28(30)33-32-34-29(20-40-32)22-12-5-2-6-13-22/h1-8,10-15,18-20,24H,9,16-17H2,(H,33,34)(H,35,36,37,38). The van der Waals surface area contributed by atoms with Crippen molar-refractivity contribution in [2.45, 2.75) is 18.8 Å². The molecule has 1 aliphatic heterocycles. The number of tetrazole rings is 1. The van der Waals surface area contributed by atoms with Crippen molar-refractivity contribution in [3.8, 4) is 39.5 Å². The summed E-state index contributed by atoms with van der Waals surface area (Å²) >= 11 is 1.59. The predicted octanol–water partition coefficient (Wildman–Crippen LogP) is 7.71. The van der Waals surface area contributed by atoms with Crippen molar-refractivity contribution >= 4 is 22.2 Å². The van der Waals surface area contributed by atoms with Crippen molar-refractivity contribution in [1.29, 1.82) is 0 Å². The third kappa shape index (κ3) is 4.74. The fourth-order valence-electron chi connectivity index (χ4n) is 5.37. The SMILES string of the molecule is c1ccc(-c2csc(Nc3cc(-c4ccccc4-c4nnn[nH]4)cc4c3OCCCC4c3ccccc3)n2)cc1. The summed E-state index contributed by atoms with van der Waals surface area (Å²) in [5.74, 6) is 1.71. The zero-order valence-electron chi connectivity index (χ0n) is 21.6. The molecule has 0 saturated carbocycles. The molecule has 0 radical (unpaired) electrons. The Morgan fingerprint density at radius 2 is 1.62 bits per heavy atom. The van der Waals surface area contributed by atoms with E-state index in [1.807, 2.05) is 36.4 Å². The van der Waals surface area contributed by atoms with Gasteiger partial charge in [0.05, 0.1) is 18.0 Å².